The Labute approximate surface area is 201 Å². The molecule has 0 saturated carbocycles. The van der Waals surface area contributed by atoms with E-state index >= 15 is 0 Å². The molecule has 0 bridgehead atoms. The van der Waals surface area contributed by atoms with Crippen molar-refractivity contribution < 1.29 is 14.7 Å². The number of carbonyl (C=O) groups is 2. The minimum Gasteiger partial charge on any atom is -0.478 e. The number of nitrogens with one attached hydrogen (secondary N) is 1. The number of nitrogens with zero attached hydrogens (tertiary/aromatic N) is 3. The summed E-state index contributed by atoms with van der Waals surface area (Å²) < 4.78 is 2.02. The van der Waals surface area contributed by atoms with Crippen LogP contribution < -0.4 is 5.32 Å². The van der Waals surface area contributed by atoms with Crippen LogP contribution in [0.3, 0.4) is 0 Å². The van der Waals surface area contributed by atoms with Crippen molar-refractivity contribution in [3.05, 3.63) is 74.4 Å². The monoisotopic (exact) mass is 470 g/mol. The molecule has 0 spiro atoms. The Hall–Kier alpha value is -4.14. The maximum Gasteiger partial charge on any atom is 0.335 e. The van der Waals surface area contributed by atoms with Gasteiger partial charge in [0.25, 0.3) is 5.91 Å². The first-order valence-corrected chi connectivity index (χ1v) is 11.7. The standard InChI is InChI=1S/C26H22N4O3S/c1-15-10-18(11-19(13-27)24(31)29-20-7-5-6-17(12-20)26(32)33)16(2)30(15)25-22(14-28)21-8-3-4-9-23(21)34-25/h5-7,10-12H,3-4,8-9H2,1-2H3,(H,29,31)(H,32,33)/b19-11-. The lowest BCUT2D eigenvalue weighted by atomic mass is 9.96. The second kappa shape index (κ2) is 9.38. The summed E-state index contributed by atoms with van der Waals surface area (Å²) in [7, 11) is 0. The van der Waals surface area contributed by atoms with E-state index in [-0.39, 0.29) is 11.1 Å². The van der Waals surface area contributed by atoms with E-state index in [0.717, 1.165) is 47.6 Å². The summed E-state index contributed by atoms with van der Waals surface area (Å²) in [4.78, 5) is 25.2. The molecule has 2 aromatic heterocycles. The summed E-state index contributed by atoms with van der Waals surface area (Å²) in [5, 5.41) is 32.1. The molecule has 1 aliphatic rings. The number of rotatable bonds is 5. The van der Waals surface area contributed by atoms with Crippen LogP contribution in [0.5, 0.6) is 0 Å². The zero-order valence-corrected chi connectivity index (χ0v) is 19.6. The van der Waals surface area contributed by atoms with Gasteiger partial charge in [0.2, 0.25) is 0 Å². The van der Waals surface area contributed by atoms with Crippen LogP contribution in [0.4, 0.5) is 5.69 Å². The Bertz CT molecular complexity index is 1430. The third-order valence-electron chi connectivity index (χ3n) is 5.97. The third-order valence-corrected chi connectivity index (χ3v) is 7.25. The number of carbonyl (C=O) groups excluding carboxylic acids is 1. The molecule has 0 saturated heterocycles. The number of carboxylic acid groups (broad SMARTS) is 1. The summed E-state index contributed by atoms with van der Waals surface area (Å²) in [6, 6.07) is 12.1. The molecule has 8 heteroatoms. The first-order chi connectivity index (χ1) is 16.3. The topological polar surface area (TPSA) is 119 Å². The van der Waals surface area contributed by atoms with Crippen molar-refractivity contribution in [1.29, 1.82) is 10.5 Å². The highest BCUT2D eigenvalue weighted by Crippen LogP contribution is 2.38. The van der Waals surface area contributed by atoms with Gasteiger partial charge in [-0.2, -0.15) is 10.5 Å². The summed E-state index contributed by atoms with van der Waals surface area (Å²) in [5.41, 5.74) is 4.54. The van der Waals surface area contributed by atoms with Gasteiger partial charge in [-0.3, -0.25) is 4.79 Å². The molecule has 2 heterocycles. The van der Waals surface area contributed by atoms with Crippen LogP contribution >= 0.6 is 11.3 Å². The van der Waals surface area contributed by atoms with Crippen molar-refractivity contribution in [1.82, 2.24) is 4.57 Å². The molecule has 0 fully saturated rings. The van der Waals surface area contributed by atoms with Gasteiger partial charge < -0.3 is 15.0 Å². The molecule has 4 rings (SSSR count). The predicted molar refractivity (Wildman–Crippen MR) is 130 cm³/mol. The van der Waals surface area contributed by atoms with Crippen molar-refractivity contribution in [2.45, 2.75) is 39.5 Å². The summed E-state index contributed by atoms with van der Waals surface area (Å²) >= 11 is 1.65. The fraction of sp³-hybridized carbons (Fsp3) is 0.231. The Morgan fingerprint density at radius 1 is 1.18 bits per heavy atom. The number of aromatic carboxylic acids is 1. The van der Waals surface area contributed by atoms with E-state index in [1.54, 1.807) is 17.4 Å². The number of amides is 1. The van der Waals surface area contributed by atoms with Gasteiger partial charge in [-0.25, -0.2) is 4.79 Å². The number of carboxylic acids is 1. The molecule has 170 valence electrons. The molecular weight excluding hydrogens is 448 g/mol. The average Bonchev–Trinajstić information content (AvgIpc) is 3.32. The maximum atomic E-state index is 12.7. The maximum absolute atomic E-state index is 12.7. The Kier molecular flexibility index (Phi) is 6.36. The van der Waals surface area contributed by atoms with E-state index in [1.807, 2.05) is 30.6 Å². The molecule has 7 nitrogen and oxygen atoms in total. The second-order valence-corrected chi connectivity index (χ2v) is 9.26. The molecule has 0 atom stereocenters. The van der Waals surface area contributed by atoms with E-state index < -0.39 is 11.9 Å². The van der Waals surface area contributed by atoms with Crippen molar-refractivity contribution in [3.8, 4) is 17.1 Å². The van der Waals surface area contributed by atoms with Crippen LogP contribution in [0, 0.1) is 36.5 Å². The lowest BCUT2D eigenvalue weighted by Crippen LogP contribution is -2.14. The van der Waals surface area contributed by atoms with Gasteiger partial charge in [-0.05, 0) is 81.0 Å². The largest absolute Gasteiger partial charge is 0.478 e. The van der Waals surface area contributed by atoms with Crippen LogP contribution in [-0.4, -0.2) is 21.6 Å². The van der Waals surface area contributed by atoms with Gasteiger partial charge in [0.05, 0.1) is 11.1 Å². The molecule has 0 aliphatic heterocycles. The van der Waals surface area contributed by atoms with E-state index in [4.69, 9.17) is 5.11 Å². The van der Waals surface area contributed by atoms with E-state index in [2.05, 4.69) is 11.4 Å². The second-order valence-electron chi connectivity index (χ2n) is 8.17. The summed E-state index contributed by atoms with van der Waals surface area (Å²) in [5.74, 6) is -1.73. The van der Waals surface area contributed by atoms with Crippen molar-refractivity contribution in [2.24, 2.45) is 0 Å². The quantitative estimate of drug-likeness (QED) is 0.395. The molecule has 3 aromatic rings. The Morgan fingerprint density at radius 3 is 2.65 bits per heavy atom. The summed E-state index contributed by atoms with van der Waals surface area (Å²) in [6.07, 6.45) is 5.65. The van der Waals surface area contributed by atoms with Gasteiger partial charge in [0.1, 0.15) is 22.7 Å². The highest BCUT2D eigenvalue weighted by atomic mass is 32.1. The fourth-order valence-corrected chi connectivity index (χ4v) is 5.75. The van der Waals surface area contributed by atoms with Crippen LogP contribution in [-0.2, 0) is 17.6 Å². The number of nitriles is 2. The van der Waals surface area contributed by atoms with Crippen molar-refractivity contribution in [2.75, 3.05) is 5.32 Å². The van der Waals surface area contributed by atoms with Gasteiger partial charge in [-0.15, -0.1) is 11.3 Å². The van der Waals surface area contributed by atoms with Crippen molar-refractivity contribution in [3.63, 3.8) is 0 Å². The number of aromatic nitrogens is 1. The molecule has 34 heavy (non-hydrogen) atoms. The molecule has 1 aromatic carbocycles. The van der Waals surface area contributed by atoms with Crippen LogP contribution in [0.15, 0.2) is 35.9 Å². The van der Waals surface area contributed by atoms with Crippen LogP contribution in [0.2, 0.25) is 0 Å². The third kappa shape index (κ3) is 4.24. The number of fused-ring (bicyclic) bond motifs is 1. The van der Waals surface area contributed by atoms with Crippen LogP contribution in [0.1, 0.15) is 56.2 Å². The number of aryl methyl sites for hydroxylation is 2. The van der Waals surface area contributed by atoms with Gasteiger partial charge in [0, 0.05) is 22.0 Å². The number of hydrogen-bond donors (Lipinski definition) is 2. The highest BCUT2D eigenvalue weighted by Gasteiger charge is 2.24. The minimum absolute atomic E-state index is 0.0378. The normalized spacial score (nSPS) is 13.0. The molecule has 0 unspecified atom stereocenters. The number of benzene rings is 1. The minimum atomic E-state index is -1.11. The van der Waals surface area contributed by atoms with Gasteiger partial charge in [0.15, 0.2) is 0 Å². The first kappa shape index (κ1) is 23.0. The van der Waals surface area contributed by atoms with E-state index in [9.17, 15) is 20.1 Å². The Morgan fingerprint density at radius 2 is 1.94 bits per heavy atom. The zero-order valence-electron chi connectivity index (χ0n) is 18.8. The molecule has 0 radical (unpaired) electrons. The molecule has 1 amide bonds. The highest BCUT2D eigenvalue weighted by molar-refractivity contribution is 7.15. The fourth-order valence-electron chi connectivity index (χ4n) is 4.30. The smallest absolute Gasteiger partial charge is 0.335 e. The zero-order chi connectivity index (χ0) is 24.4. The molecular formula is C26H22N4O3S. The summed E-state index contributed by atoms with van der Waals surface area (Å²) in [6.45, 7) is 3.84. The number of anilines is 1. The van der Waals surface area contributed by atoms with Crippen molar-refractivity contribution >= 4 is 35.0 Å². The predicted octanol–water partition coefficient (Wildman–Crippen LogP) is 5.15. The number of thiophene rings is 1. The van der Waals surface area contributed by atoms with Gasteiger partial charge in [-0.1, -0.05) is 6.07 Å². The average molecular weight is 471 g/mol. The lowest BCUT2D eigenvalue weighted by Gasteiger charge is -2.10. The van der Waals surface area contributed by atoms with Gasteiger partial charge >= 0.3 is 5.97 Å². The number of hydrogen-bond acceptors (Lipinski definition) is 5. The van der Waals surface area contributed by atoms with E-state index in [0.29, 0.717) is 16.8 Å². The SMILES string of the molecule is Cc1cc(/C=C(/C#N)C(=O)Nc2cccc(C(=O)O)c2)c(C)n1-c1sc2c(c1C#N)CCCC2. The van der Waals surface area contributed by atoms with Crippen LogP contribution in [0.25, 0.3) is 11.1 Å². The first-order valence-electron chi connectivity index (χ1n) is 10.8. The lowest BCUT2D eigenvalue weighted by molar-refractivity contribution is -0.112. The van der Waals surface area contributed by atoms with E-state index in [1.165, 1.54) is 29.2 Å². The Balaban J connectivity index is 1.68. The molecule has 1 aliphatic carbocycles. The molecule has 2 N–H and O–H groups in total.